The Morgan fingerprint density at radius 3 is 2.56 bits per heavy atom. The van der Waals surface area contributed by atoms with Crippen molar-refractivity contribution >= 4 is 5.97 Å². The summed E-state index contributed by atoms with van der Waals surface area (Å²) in [6.45, 7) is 1.21. The second kappa shape index (κ2) is 8.72. The van der Waals surface area contributed by atoms with E-state index in [1.165, 1.54) is 24.3 Å². The topological polar surface area (TPSA) is 67.8 Å². The lowest BCUT2D eigenvalue weighted by Crippen LogP contribution is -2.30. The predicted molar refractivity (Wildman–Crippen MR) is 87.4 cm³/mol. The Morgan fingerprint density at radius 1 is 1.22 bits per heavy atom. The number of ether oxygens (including phenoxy) is 2. The van der Waals surface area contributed by atoms with Gasteiger partial charge in [-0.25, -0.2) is 9.18 Å². The van der Waals surface area contributed by atoms with Crippen LogP contribution in [0.1, 0.15) is 24.1 Å². The van der Waals surface area contributed by atoms with Gasteiger partial charge in [0.25, 0.3) is 0 Å². The van der Waals surface area contributed by atoms with E-state index in [1.807, 2.05) is 0 Å². The van der Waals surface area contributed by atoms with Gasteiger partial charge in [-0.3, -0.25) is 5.32 Å². The van der Waals surface area contributed by atoms with Crippen molar-refractivity contribution in [2.75, 3.05) is 6.61 Å². The maximum Gasteiger partial charge on any atom is 0.573 e. The molecule has 0 saturated carbocycles. The number of nitrogens with one attached hydrogen (secondary N) is 1. The summed E-state index contributed by atoms with van der Waals surface area (Å²) in [7, 11) is 0. The molecule has 0 saturated heterocycles. The second-order valence-corrected chi connectivity index (χ2v) is 5.43. The third-order valence-corrected chi connectivity index (χ3v) is 3.51. The highest BCUT2D eigenvalue weighted by molar-refractivity contribution is 5.77. The Balaban J connectivity index is 2.28. The van der Waals surface area contributed by atoms with Crippen molar-refractivity contribution in [2.45, 2.75) is 25.9 Å². The van der Waals surface area contributed by atoms with Gasteiger partial charge in [-0.05, 0) is 36.8 Å². The molecule has 0 heterocycles. The number of alkyl halides is 3. The predicted octanol–water partition coefficient (Wildman–Crippen LogP) is 3.82. The smallest absolute Gasteiger partial charge is 0.508 e. The Labute approximate surface area is 152 Å². The van der Waals surface area contributed by atoms with E-state index in [2.05, 4.69) is 10.1 Å². The first kappa shape index (κ1) is 20.5. The van der Waals surface area contributed by atoms with Gasteiger partial charge in [0.1, 0.15) is 23.4 Å². The molecular weight excluding hydrogens is 370 g/mol. The number of aromatic hydroxyl groups is 1. The molecule has 0 aliphatic rings. The fraction of sp³-hybridized carbons (Fsp3) is 0.278. The molecule has 0 spiro atoms. The number of benzene rings is 2. The van der Waals surface area contributed by atoms with Gasteiger partial charge in [-0.15, -0.1) is 13.2 Å². The van der Waals surface area contributed by atoms with Crippen molar-refractivity contribution in [2.24, 2.45) is 0 Å². The Kier molecular flexibility index (Phi) is 6.62. The van der Waals surface area contributed by atoms with E-state index in [9.17, 15) is 27.5 Å². The summed E-state index contributed by atoms with van der Waals surface area (Å²) in [5.41, 5.74) is -0.0904. The van der Waals surface area contributed by atoms with Gasteiger partial charge in [-0.2, -0.15) is 0 Å². The summed E-state index contributed by atoms with van der Waals surface area (Å²) in [6.07, 6.45) is -4.99. The highest BCUT2D eigenvalue weighted by atomic mass is 19.4. The third-order valence-electron chi connectivity index (χ3n) is 3.51. The van der Waals surface area contributed by atoms with E-state index in [1.54, 1.807) is 6.92 Å². The molecule has 0 radical (unpaired) electrons. The third kappa shape index (κ3) is 5.85. The molecule has 2 N–H and O–H groups in total. The van der Waals surface area contributed by atoms with Crippen molar-refractivity contribution in [3.63, 3.8) is 0 Å². The summed E-state index contributed by atoms with van der Waals surface area (Å²) in [5, 5.41) is 12.2. The lowest BCUT2D eigenvalue weighted by atomic mass is 10.1. The molecule has 0 fully saturated rings. The minimum Gasteiger partial charge on any atom is -0.508 e. The van der Waals surface area contributed by atoms with Crippen molar-refractivity contribution in [1.82, 2.24) is 5.32 Å². The van der Waals surface area contributed by atoms with Gasteiger partial charge in [0.2, 0.25) is 0 Å². The molecule has 0 bridgehead atoms. The van der Waals surface area contributed by atoms with Gasteiger partial charge in [-0.1, -0.05) is 18.2 Å². The Bertz CT molecular complexity index is 795. The number of carbonyl (C=O) groups is 1. The van der Waals surface area contributed by atoms with Crippen LogP contribution >= 0.6 is 0 Å². The molecule has 2 aromatic carbocycles. The van der Waals surface area contributed by atoms with Crippen LogP contribution in [0.3, 0.4) is 0 Å². The highest BCUT2D eigenvalue weighted by Crippen LogP contribution is 2.29. The molecule has 0 aliphatic carbocycles. The van der Waals surface area contributed by atoms with Gasteiger partial charge < -0.3 is 14.6 Å². The molecular formula is C18H17F4NO4. The number of phenols is 1. The van der Waals surface area contributed by atoms with Crippen LogP contribution in [0.25, 0.3) is 0 Å². The van der Waals surface area contributed by atoms with Crippen molar-refractivity contribution in [3.05, 3.63) is 59.4 Å². The van der Waals surface area contributed by atoms with Gasteiger partial charge >= 0.3 is 12.3 Å². The molecule has 0 unspecified atom stereocenters. The first-order valence-corrected chi connectivity index (χ1v) is 7.93. The first-order chi connectivity index (χ1) is 12.7. The standard InChI is InChI=1S/C18H17F4NO4/c1-2-26-17(25)16(11-5-3-6-12(24)9-11)23-10-13-14(19)7-4-8-15(13)27-18(20,21)22/h3-9,16,23-24H,2,10H2,1H3/t16-/m0/s1. The Morgan fingerprint density at radius 2 is 1.93 bits per heavy atom. The second-order valence-electron chi connectivity index (χ2n) is 5.43. The number of halogens is 4. The number of carbonyl (C=O) groups excluding carboxylic acids is 1. The molecule has 2 aromatic rings. The maximum absolute atomic E-state index is 14.0. The van der Waals surface area contributed by atoms with E-state index in [0.717, 1.165) is 18.2 Å². The van der Waals surface area contributed by atoms with Crippen LogP contribution < -0.4 is 10.1 Å². The van der Waals surface area contributed by atoms with Crippen LogP contribution in [0.4, 0.5) is 17.6 Å². The van der Waals surface area contributed by atoms with Crippen molar-refractivity contribution in [1.29, 1.82) is 0 Å². The number of hydrogen-bond donors (Lipinski definition) is 2. The fourth-order valence-corrected chi connectivity index (χ4v) is 2.40. The SMILES string of the molecule is CCOC(=O)[C@@H](NCc1c(F)cccc1OC(F)(F)F)c1cccc(O)c1. The lowest BCUT2D eigenvalue weighted by molar-refractivity contribution is -0.275. The monoisotopic (exact) mass is 387 g/mol. The van der Waals surface area contributed by atoms with Crippen molar-refractivity contribution < 1.29 is 36.9 Å². The quantitative estimate of drug-likeness (QED) is 0.558. The molecule has 5 nitrogen and oxygen atoms in total. The van der Waals surface area contributed by atoms with Gasteiger partial charge in [0.05, 0.1) is 6.61 Å². The summed E-state index contributed by atoms with van der Waals surface area (Å²) in [4.78, 5) is 12.2. The Hall–Kier alpha value is -2.81. The largest absolute Gasteiger partial charge is 0.573 e. The average molecular weight is 387 g/mol. The summed E-state index contributed by atoms with van der Waals surface area (Å²) in [5.74, 6) is -2.48. The molecule has 2 rings (SSSR count). The van der Waals surface area contributed by atoms with Crippen LogP contribution in [0.5, 0.6) is 11.5 Å². The van der Waals surface area contributed by atoms with Crippen LogP contribution in [-0.4, -0.2) is 24.0 Å². The molecule has 146 valence electrons. The van der Waals surface area contributed by atoms with E-state index in [4.69, 9.17) is 4.74 Å². The number of phenolic OH excluding ortho intramolecular Hbond substituents is 1. The maximum atomic E-state index is 14.0. The molecule has 9 heteroatoms. The molecule has 1 atom stereocenters. The van der Waals surface area contributed by atoms with E-state index >= 15 is 0 Å². The average Bonchev–Trinajstić information content (AvgIpc) is 2.56. The summed E-state index contributed by atoms with van der Waals surface area (Å²) in [6, 6.07) is 7.59. The number of esters is 1. The lowest BCUT2D eigenvalue weighted by Gasteiger charge is -2.20. The van der Waals surface area contributed by atoms with Gasteiger partial charge in [0, 0.05) is 12.1 Å². The molecule has 0 aliphatic heterocycles. The minimum atomic E-state index is -4.99. The highest BCUT2D eigenvalue weighted by Gasteiger charge is 2.33. The molecule has 27 heavy (non-hydrogen) atoms. The molecule has 0 aromatic heterocycles. The van der Waals surface area contributed by atoms with Crippen LogP contribution in [0.15, 0.2) is 42.5 Å². The number of rotatable bonds is 7. The van der Waals surface area contributed by atoms with E-state index in [0.29, 0.717) is 5.56 Å². The first-order valence-electron chi connectivity index (χ1n) is 7.93. The van der Waals surface area contributed by atoms with Crippen LogP contribution in [0, 0.1) is 5.82 Å². The zero-order valence-electron chi connectivity index (χ0n) is 14.2. The van der Waals surface area contributed by atoms with Crippen LogP contribution in [0.2, 0.25) is 0 Å². The molecule has 0 amide bonds. The zero-order valence-corrected chi connectivity index (χ0v) is 14.2. The van der Waals surface area contributed by atoms with Crippen LogP contribution in [-0.2, 0) is 16.1 Å². The fourth-order valence-electron chi connectivity index (χ4n) is 2.40. The van der Waals surface area contributed by atoms with Gasteiger partial charge in [0.15, 0.2) is 0 Å². The summed E-state index contributed by atoms with van der Waals surface area (Å²) < 4.78 is 60.4. The zero-order chi connectivity index (χ0) is 20.0. The normalized spacial score (nSPS) is 12.5. The summed E-state index contributed by atoms with van der Waals surface area (Å²) >= 11 is 0. The van der Waals surface area contributed by atoms with E-state index < -0.39 is 42.0 Å². The number of hydrogen-bond acceptors (Lipinski definition) is 5. The van der Waals surface area contributed by atoms with E-state index in [-0.39, 0.29) is 12.4 Å². The minimum absolute atomic E-state index is 0.0674. The van der Waals surface area contributed by atoms with Crippen molar-refractivity contribution in [3.8, 4) is 11.5 Å².